The fraction of sp³-hybridized carbons (Fsp3) is 0.585. The molecule has 1 aliphatic heterocycles. The zero-order valence-electron chi connectivity index (χ0n) is 32.1. The van der Waals surface area contributed by atoms with Crippen molar-refractivity contribution in [2.24, 2.45) is 23.2 Å². The van der Waals surface area contributed by atoms with Crippen molar-refractivity contribution in [3.8, 4) is 0 Å². The summed E-state index contributed by atoms with van der Waals surface area (Å²) in [5.74, 6) is -6.41. The highest BCUT2D eigenvalue weighted by molar-refractivity contribution is 5.90. The smallest absolute Gasteiger partial charge is 0.338 e. The van der Waals surface area contributed by atoms with Crippen LogP contribution in [0.1, 0.15) is 95.4 Å². The first-order valence-corrected chi connectivity index (χ1v) is 18.6. The van der Waals surface area contributed by atoms with Gasteiger partial charge in [-0.05, 0) is 57.9 Å². The van der Waals surface area contributed by atoms with E-state index in [0.29, 0.717) is 12.8 Å². The summed E-state index contributed by atoms with van der Waals surface area (Å²) >= 11 is 0. The number of aliphatic hydroxyl groups is 2. The normalized spacial score (nSPS) is 33.3. The molecule has 1 spiro atoms. The minimum absolute atomic E-state index is 0.0996. The van der Waals surface area contributed by atoms with Crippen LogP contribution in [0.2, 0.25) is 0 Å². The summed E-state index contributed by atoms with van der Waals surface area (Å²) in [5, 5.41) is 24.8. The molecule has 2 bridgehead atoms. The van der Waals surface area contributed by atoms with E-state index in [-0.39, 0.29) is 11.1 Å². The van der Waals surface area contributed by atoms with Crippen LogP contribution in [-0.2, 0) is 42.8 Å². The molecule has 3 aliphatic rings. The van der Waals surface area contributed by atoms with Crippen LogP contribution in [0.3, 0.4) is 0 Å². The molecule has 2 aliphatic carbocycles. The van der Waals surface area contributed by atoms with Crippen LogP contribution in [0.15, 0.2) is 60.7 Å². The molecular formula is C41H52O13. The van der Waals surface area contributed by atoms with Crippen molar-refractivity contribution < 1.29 is 62.6 Å². The van der Waals surface area contributed by atoms with Crippen molar-refractivity contribution in [3.05, 3.63) is 71.8 Å². The van der Waals surface area contributed by atoms with Gasteiger partial charge in [0.15, 0.2) is 11.7 Å². The molecule has 2 unspecified atom stereocenters. The van der Waals surface area contributed by atoms with E-state index in [1.54, 1.807) is 77.9 Å². The van der Waals surface area contributed by atoms with Crippen LogP contribution in [-0.4, -0.2) is 94.0 Å². The molecule has 13 nitrogen and oxygen atoms in total. The topological polar surface area (TPSA) is 181 Å². The Morgan fingerprint density at radius 1 is 0.759 bits per heavy atom. The monoisotopic (exact) mass is 752 g/mol. The van der Waals surface area contributed by atoms with Gasteiger partial charge in [0.05, 0.1) is 46.2 Å². The van der Waals surface area contributed by atoms with Gasteiger partial charge in [-0.2, -0.15) is 0 Å². The summed E-state index contributed by atoms with van der Waals surface area (Å²) in [6.07, 6.45) is -7.97. The summed E-state index contributed by atoms with van der Waals surface area (Å²) in [4.78, 5) is 68.8. The molecule has 294 valence electrons. The van der Waals surface area contributed by atoms with Gasteiger partial charge in [-0.1, -0.05) is 64.1 Å². The number of fused-ring (bicyclic) bond motifs is 1. The largest absolute Gasteiger partial charge is 0.464 e. The molecular weight excluding hydrogens is 700 g/mol. The van der Waals surface area contributed by atoms with Gasteiger partial charge in [0.2, 0.25) is 0 Å². The van der Waals surface area contributed by atoms with Crippen LogP contribution < -0.4 is 0 Å². The van der Waals surface area contributed by atoms with Crippen molar-refractivity contribution >= 4 is 29.8 Å². The molecule has 2 N–H and O–H groups in total. The standard InChI is InChI=1S/C41H52O13/c1-9-23(3)34(44)49-22-40-31(50-25(5)42)28(43)21-39(8,48)41(40)32(52-36(46)26-17-13-11-14-18-26)29(38(6,7)54-41)30(51-35(45)24(4)10-2)33(40)53-37(47)27-19-15-12-16-20-27/h11-20,23-24,28-33,43,48H,9-10,21-22H2,1-8H3/t23?,24?,28-,29+,30-,31-,32+,33+,39-,40-,41-/m0/s1. The lowest BCUT2D eigenvalue weighted by Gasteiger charge is -2.66. The van der Waals surface area contributed by atoms with Gasteiger partial charge in [-0.3, -0.25) is 14.4 Å². The Morgan fingerprint density at radius 2 is 1.26 bits per heavy atom. The van der Waals surface area contributed by atoms with Crippen molar-refractivity contribution in [2.45, 2.75) is 122 Å². The van der Waals surface area contributed by atoms with E-state index < -0.39 is 113 Å². The van der Waals surface area contributed by atoms with E-state index in [0.717, 1.165) is 6.92 Å². The van der Waals surface area contributed by atoms with Gasteiger partial charge in [-0.15, -0.1) is 0 Å². The molecule has 0 aromatic heterocycles. The molecule has 1 heterocycles. The molecule has 1 saturated heterocycles. The predicted molar refractivity (Wildman–Crippen MR) is 192 cm³/mol. The molecule has 2 saturated carbocycles. The molecule has 3 fully saturated rings. The van der Waals surface area contributed by atoms with Gasteiger partial charge < -0.3 is 38.6 Å². The number of hydrogen-bond acceptors (Lipinski definition) is 13. The Balaban J connectivity index is 1.88. The lowest BCUT2D eigenvalue weighted by Crippen LogP contribution is -2.85. The molecule has 2 aromatic carbocycles. The van der Waals surface area contributed by atoms with Crippen molar-refractivity contribution in [1.29, 1.82) is 0 Å². The second kappa shape index (κ2) is 15.4. The number of hydrogen-bond donors (Lipinski definition) is 2. The second-order valence-corrected chi connectivity index (χ2v) is 15.6. The van der Waals surface area contributed by atoms with E-state index in [1.165, 1.54) is 31.2 Å². The summed E-state index contributed by atoms with van der Waals surface area (Å²) in [7, 11) is 0. The number of rotatable bonds is 12. The van der Waals surface area contributed by atoms with Gasteiger partial charge in [-0.25, -0.2) is 9.59 Å². The van der Waals surface area contributed by atoms with Crippen molar-refractivity contribution in [1.82, 2.24) is 0 Å². The third-order valence-electron chi connectivity index (χ3n) is 11.6. The summed E-state index contributed by atoms with van der Waals surface area (Å²) in [6.45, 7) is 11.9. The predicted octanol–water partition coefficient (Wildman–Crippen LogP) is 4.60. The average molecular weight is 753 g/mol. The highest BCUT2D eigenvalue weighted by Crippen LogP contribution is 2.69. The Hall–Kier alpha value is -4.33. The van der Waals surface area contributed by atoms with E-state index in [9.17, 15) is 34.2 Å². The van der Waals surface area contributed by atoms with Crippen LogP contribution >= 0.6 is 0 Å². The number of aliphatic hydroxyl groups excluding tert-OH is 1. The van der Waals surface area contributed by atoms with Gasteiger partial charge in [0.25, 0.3) is 0 Å². The van der Waals surface area contributed by atoms with Crippen LogP contribution in [0, 0.1) is 23.2 Å². The molecule has 11 atom stereocenters. The maximum absolute atomic E-state index is 14.2. The van der Waals surface area contributed by atoms with Crippen LogP contribution in [0.5, 0.6) is 0 Å². The van der Waals surface area contributed by atoms with Crippen molar-refractivity contribution in [3.63, 3.8) is 0 Å². The number of esters is 5. The molecule has 5 rings (SSSR count). The number of ether oxygens (including phenoxy) is 6. The van der Waals surface area contributed by atoms with E-state index >= 15 is 0 Å². The quantitative estimate of drug-likeness (QED) is 0.227. The Morgan fingerprint density at radius 3 is 1.76 bits per heavy atom. The Bertz CT molecular complexity index is 1710. The van der Waals surface area contributed by atoms with Crippen LogP contribution in [0.4, 0.5) is 0 Å². The van der Waals surface area contributed by atoms with E-state index in [2.05, 4.69) is 0 Å². The SMILES string of the molecule is CCC(C)C(=O)OC[C@]12[C@H](OC(=O)c3ccccc3)[C@@H](OC(=O)C(C)CC)[C@@H]3[C@@H](OC(=O)c4ccccc4)[C@]1(OC3(C)C)[C@@](C)(O)C[C@H](O)[C@@H]2OC(C)=O. The number of carbonyl (C=O) groups excluding carboxylic acids is 5. The summed E-state index contributed by atoms with van der Waals surface area (Å²) in [5.41, 5.74) is -7.92. The minimum atomic E-state index is -2.29. The molecule has 0 radical (unpaired) electrons. The highest BCUT2D eigenvalue weighted by Gasteiger charge is 2.88. The van der Waals surface area contributed by atoms with Crippen LogP contribution in [0.25, 0.3) is 0 Å². The third-order valence-corrected chi connectivity index (χ3v) is 11.6. The first-order chi connectivity index (χ1) is 25.4. The lowest BCUT2D eigenvalue weighted by molar-refractivity contribution is -0.362. The average Bonchev–Trinajstić information content (AvgIpc) is 3.34. The van der Waals surface area contributed by atoms with Gasteiger partial charge in [0, 0.05) is 13.3 Å². The minimum Gasteiger partial charge on any atom is -0.464 e. The second-order valence-electron chi connectivity index (χ2n) is 15.6. The maximum atomic E-state index is 14.2. The molecule has 0 amide bonds. The fourth-order valence-corrected chi connectivity index (χ4v) is 8.61. The zero-order chi connectivity index (χ0) is 39.8. The highest BCUT2D eigenvalue weighted by atomic mass is 16.6. The van der Waals surface area contributed by atoms with Gasteiger partial charge >= 0.3 is 29.8 Å². The summed E-state index contributed by atoms with van der Waals surface area (Å²) in [6, 6.07) is 16.0. The third kappa shape index (κ3) is 6.90. The molecule has 13 heteroatoms. The Labute approximate surface area is 315 Å². The number of carbonyl (C=O) groups is 5. The van der Waals surface area contributed by atoms with E-state index in [1.807, 2.05) is 0 Å². The Kier molecular flexibility index (Phi) is 11.7. The first kappa shape index (κ1) is 40.8. The lowest BCUT2D eigenvalue weighted by atomic mass is 9.45. The first-order valence-electron chi connectivity index (χ1n) is 18.6. The maximum Gasteiger partial charge on any atom is 0.338 e. The molecule has 54 heavy (non-hydrogen) atoms. The number of benzene rings is 2. The fourth-order valence-electron chi connectivity index (χ4n) is 8.61. The zero-order valence-corrected chi connectivity index (χ0v) is 32.1. The van der Waals surface area contributed by atoms with E-state index in [4.69, 9.17) is 28.4 Å². The van der Waals surface area contributed by atoms with Gasteiger partial charge in [0.1, 0.15) is 30.3 Å². The summed E-state index contributed by atoms with van der Waals surface area (Å²) < 4.78 is 38.2. The van der Waals surface area contributed by atoms with Crippen molar-refractivity contribution in [2.75, 3.05) is 6.61 Å². The molecule has 2 aromatic rings.